The van der Waals surface area contributed by atoms with Gasteiger partial charge in [-0.05, 0) is 24.1 Å². The van der Waals surface area contributed by atoms with Crippen molar-refractivity contribution in [1.82, 2.24) is 19.8 Å². The van der Waals surface area contributed by atoms with E-state index in [0.29, 0.717) is 30.0 Å². The highest BCUT2D eigenvalue weighted by atomic mass is 16.5. The number of anilines is 2. The summed E-state index contributed by atoms with van der Waals surface area (Å²) in [7, 11) is 1.67. The van der Waals surface area contributed by atoms with E-state index in [9.17, 15) is 4.79 Å². The van der Waals surface area contributed by atoms with Gasteiger partial charge in [0.05, 0.1) is 35.3 Å². The lowest BCUT2D eigenvalue weighted by atomic mass is 10.0. The zero-order valence-electron chi connectivity index (χ0n) is 20.0. The number of benzene rings is 2. The zero-order chi connectivity index (χ0) is 25.2. The van der Waals surface area contributed by atoms with Gasteiger partial charge in [0.25, 0.3) is 11.8 Å². The van der Waals surface area contributed by atoms with Crippen molar-refractivity contribution in [3.05, 3.63) is 95.8 Å². The zero-order valence-corrected chi connectivity index (χ0v) is 20.0. The Morgan fingerprint density at radius 2 is 1.86 bits per heavy atom. The number of amides is 1. The summed E-state index contributed by atoms with van der Waals surface area (Å²) in [5.41, 5.74) is 5.67. The number of benzodiazepines with no additional fused rings is 1. The summed E-state index contributed by atoms with van der Waals surface area (Å²) in [6.45, 7) is 0.571. The third-order valence-corrected chi connectivity index (χ3v) is 6.11. The Morgan fingerprint density at radius 1 is 1.03 bits per heavy atom. The third-order valence-electron chi connectivity index (χ3n) is 6.11. The van der Waals surface area contributed by atoms with Crippen molar-refractivity contribution in [1.29, 1.82) is 0 Å². The number of hydrogen-bond acceptors (Lipinski definition) is 8. The van der Waals surface area contributed by atoms with Crippen molar-refractivity contribution in [2.45, 2.75) is 12.6 Å². The number of ether oxygens (including phenoxy) is 1. The molecule has 4 heterocycles. The largest absolute Gasteiger partial charge is 0.403 e. The number of rotatable bonds is 7. The maximum atomic E-state index is 13.1. The lowest BCUT2D eigenvalue weighted by molar-refractivity contribution is -0.116. The van der Waals surface area contributed by atoms with Gasteiger partial charge in [-0.2, -0.15) is 5.10 Å². The maximum absolute atomic E-state index is 13.1. The molecule has 37 heavy (non-hydrogen) atoms. The highest BCUT2D eigenvalue weighted by Crippen LogP contribution is 2.29. The van der Waals surface area contributed by atoms with Crippen LogP contribution in [0.15, 0.2) is 88.5 Å². The van der Waals surface area contributed by atoms with Crippen LogP contribution in [-0.2, 0) is 16.0 Å². The molecule has 2 aromatic carbocycles. The molecule has 1 atom stereocenters. The van der Waals surface area contributed by atoms with E-state index in [1.165, 1.54) is 0 Å². The molecule has 0 fully saturated rings. The number of fused-ring (bicyclic) bond motifs is 2. The number of para-hydroxylation sites is 1. The Kier molecular flexibility index (Phi) is 5.91. The summed E-state index contributed by atoms with van der Waals surface area (Å²) < 4.78 is 13.0. The van der Waals surface area contributed by atoms with Crippen LogP contribution in [0.2, 0.25) is 0 Å². The monoisotopic (exact) mass is 493 g/mol. The van der Waals surface area contributed by atoms with E-state index in [4.69, 9.17) is 14.1 Å². The normalized spacial score (nSPS) is 15.1. The minimum Gasteiger partial charge on any atom is -0.403 e. The SMILES string of the molecule is COCCc1cccn2ncc(-c3nnc(NC4N=C(c5ccccc5)c5ccccc5NC4=O)o3)c12. The highest BCUT2D eigenvalue weighted by molar-refractivity contribution is 6.19. The molecular formula is C27H23N7O3. The molecule has 1 unspecified atom stereocenters. The fourth-order valence-corrected chi connectivity index (χ4v) is 4.37. The molecule has 0 radical (unpaired) electrons. The van der Waals surface area contributed by atoms with E-state index in [0.717, 1.165) is 22.2 Å². The van der Waals surface area contributed by atoms with Gasteiger partial charge in [-0.1, -0.05) is 59.7 Å². The fourth-order valence-electron chi connectivity index (χ4n) is 4.37. The quantitative estimate of drug-likeness (QED) is 0.354. The van der Waals surface area contributed by atoms with E-state index < -0.39 is 6.17 Å². The average Bonchev–Trinajstić information content (AvgIpc) is 3.55. The van der Waals surface area contributed by atoms with Crippen LogP contribution >= 0.6 is 0 Å². The number of hydrogen-bond donors (Lipinski definition) is 2. The number of methoxy groups -OCH3 is 1. The second kappa shape index (κ2) is 9.67. The molecule has 0 saturated carbocycles. The van der Waals surface area contributed by atoms with Crippen molar-refractivity contribution in [3.8, 4) is 11.5 Å². The van der Waals surface area contributed by atoms with Crippen LogP contribution in [0.25, 0.3) is 17.0 Å². The smallest absolute Gasteiger partial charge is 0.317 e. The Morgan fingerprint density at radius 3 is 2.73 bits per heavy atom. The lowest BCUT2D eigenvalue weighted by Crippen LogP contribution is -2.32. The third kappa shape index (κ3) is 4.34. The first-order valence-corrected chi connectivity index (χ1v) is 11.8. The lowest BCUT2D eigenvalue weighted by Gasteiger charge is -2.11. The average molecular weight is 494 g/mol. The molecule has 0 bridgehead atoms. The van der Waals surface area contributed by atoms with Crippen LogP contribution in [0.5, 0.6) is 0 Å². The summed E-state index contributed by atoms with van der Waals surface area (Å²) in [6, 6.07) is 21.3. The van der Waals surface area contributed by atoms with Crippen LogP contribution < -0.4 is 10.6 Å². The molecule has 1 aliphatic heterocycles. The number of pyridine rings is 1. The molecular weight excluding hydrogens is 470 g/mol. The molecule has 10 heteroatoms. The van der Waals surface area contributed by atoms with Gasteiger partial charge in [-0.15, -0.1) is 5.10 Å². The molecule has 3 aromatic heterocycles. The number of aromatic nitrogens is 4. The van der Waals surface area contributed by atoms with E-state index in [1.807, 2.05) is 72.9 Å². The number of nitrogens with zero attached hydrogens (tertiary/aromatic N) is 5. The number of carbonyl (C=O) groups is 1. The summed E-state index contributed by atoms with van der Waals surface area (Å²) >= 11 is 0. The minimum absolute atomic E-state index is 0.0750. The topological polar surface area (TPSA) is 119 Å². The number of nitrogens with one attached hydrogen (secondary N) is 2. The Hall–Kier alpha value is -4.83. The van der Waals surface area contributed by atoms with E-state index in [2.05, 4.69) is 25.9 Å². The first-order chi connectivity index (χ1) is 18.2. The standard InChI is InChI=1S/C27H23N7O3/c1-36-15-13-18-10-7-14-34-23(18)20(16-28-34)26-32-33-27(37-26)31-24-25(35)29-21-12-6-5-11-19(21)22(30-24)17-8-3-2-4-9-17/h2-12,14,16,24H,13,15H2,1H3,(H,29,35)(H,31,33). The van der Waals surface area contributed by atoms with Crippen LogP contribution in [-0.4, -0.2) is 51.3 Å². The van der Waals surface area contributed by atoms with Gasteiger partial charge >= 0.3 is 6.01 Å². The Labute approximate surface area is 212 Å². The summed E-state index contributed by atoms with van der Waals surface area (Å²) in [5, 5.41) is 18.7. The van der Waals surface area contributed by atoms with Crippen LogP contribution in [0, 0.1) is 0 Å². The van der Waals surface area contributed by atoms with Gasteiger partial charge in [0.2, 0.25) is 6.17 Å². The Balaban J connectivity index is 1.34. The van der Waals surface area contributed by atoms with E-state index >= 15 is 0 Å². The second-order valence-corrected chi connectivity index (χ2v) is 8.47. The number of carbonyl (C=O) groups excluding carboxylic acids is 1. The van der Waals surface area contributed by atoms with E-state index in [1.54, 1.807) is 17.8 Å². The molecule has 1 aliphatic rings. The van der Waals surface area contributed by atoms with Gasteiger partial charge in [0.1, 0.15) is 0 Å². The number of aliphatic imine (C=N–C) groups is 1. The molecule has 1 amide bonds. The molecule has 0 aliphatic carbocycles. The first kappa shape index (κ1) is 22.6. The van der Waals surface area contributed by atoms with E-state index in [-0.39, 0.29) is 17.8 Å². The molecule has 0 saturated heterocycles. The van der Waals surface area contributed by atoms with Gasteiger partial charge in [0.15, 0.2) is 0 Å². The highest BCUT2D eigenvalue weighted by Gasteiger charge is 2.27. The van der Waals surface area contributed by atoms with Crippen molar-refractivity contribution in [3.63, 3.8) is 0 Å². The molecule has 6 rings (SSSR count). The summed E-state index contributed by atoms with van der Waals surface area (Å²) in [5.74, 6) is -0.0529. The predicted molar refractivity (Wildman–Crippen MR) is 139 cm³/mol. The Bertz CT molecular complexity index is 1610. The molecule has 2 N–H and O–H groups in total. The fraction of sp³-hybridized carbons (Fsp3) is 0.148. The minimum atomic E-state index is -0.989. The van der Waals surface area contributed by atoms with Gasteiger partial charge < -0.3 is 19.8 Å². The predicted octanol–water partition coefficient (Wildman–Crippen LogP) is 3.80. The molecule has 5 aromatic rings. The van der Waals surface area contributed by atoms with Crippen molar-refractivity contribution < 1.29 is 13.9 Å². The summed E-state index contributed by atoms with van der Waals surface area (Å²) in [4.78, 5) is 17.9. The van der Waals surface area contributed by atoms with Gasteiger partial charge in [-0.3, -0.25) is 4.79 Å². The summed E-state index contributed by atoms with van der Waals surface area (Å²) in [6.07, 6.45) is 3.26. The van der Waals surface area contributed by atoms with Gasteiger partial charge in [0, 0.05) is 24.4 Å². The molecule has 184 valence electrons. The first-order valence-electron chi connectivity index (χ1n) is 11.8. The van der Waals surface area contributed by atoms with Crippen LogP contribution in [0.4, 0.5) is 11.7 Å². The maximum Gasteiger partial charge on any atom is 0.317 e. The van der Waals surface area contributed by atoms with Crippen molar-refractivity contribution in [2.24, 2.45) is 4.99 Å². The van der Waals surface area contributed by atoms with Crippen LogP contribution in [0.3, 0.4) is 0 Å². The van der Waals surface area contributed by atoms with Gasteiger partial charge in [-0.25, -0.2) is 9.51 Å². The van der Waals surface area contributed by atoms with Crippen LogP contribution in [0.1, 0.15) is 16.7 Å². The van der Waals surface area contributed by atoms with Crippen molar-refractivity contribution >= 4 is 28.8 Å². The van der Waals surface area contributed by atoms with Crippen molar-refractivity contribution in [2.75, 3.05) is 24.4 Å². The molecule has 0 spiro atoms. The second-order valence-electron chi connectivity index (χ2n) is 8.47. The molecule has 10 nitrogen and oxygen atoms in total.